The largest absolute Gasteiger partial charge is 0.490 e. The minimum absolute atomic E-state index is 0.326. The molecule has 0 spiro atoms. The molecule has 5 rings (SSSR count). The number of ether oxygens (including phenoxy) is 2. The summed E-state index contributed by atoms with van der Waals surface area (Å²) in [7, 11) is 0. The van der Waals surface area contributed by atoms with Crippen molar-refractivity contribution in [2.24, 2.45) is 16.7 Å². The van der Waals surface area contributed by atoms with Gasteiger partial charge in [-0.2, -0.15) is 0 Å². The maximum atomic E-state index is 5.82. The topological polar surface area (TPSA) is 30.5 Å². The van der Waals surface area contributed by atoms with Crippen LogP contribution in [0.1, 0.15) is 64.9 Å². The summed E-state index contributed by atoms with van der Waals surface area (Å²) in [6, 6.07) is 6.34. The van der Waals surface area contributed by atoms with Gasteiger partial charge in [0.15, 0.2) is 11.5 Å². The van der Waals surface area contributed by atoms with Gasteiger partial charge in [0, 0.05) is 12.1 Å². The van der Waals surface area contributed by atoms with Gasteiger partial charge in [0.25, 0.3) is 0 Å². The van der Waals surface area contributed by atoms with Crippen molar-refractivity contribution >= 4 is 0 Å². The fourth-order valence-electron chi connectivity index (χ4n) is 7.13. The lowest BCUT2D eigenvalue weighted by Crippen LogP contribution is -2.63. The van der Waals surface area contributed by atoms with Gasteiger partial charge in [0.05, 0.1) is 6.61 Å². The average molecular weight is 370 g/mol. The van der Waals surface area contributed by atoms with Crippen molar-refractivity contribution in [3.63, 3.8) is 0 Å². The van der Waals surface area contributed by atoms with Crippen LogP contribution >= 0.6 is 0 Å². The standard InChI is InChI=1S/C24H35NO2/c1-5-9-27-20-8-7-18(10-21(20)26-6-2)14-25-24-13-19-11-22(3,16-24)15-23(4,12-19)17-24/h5,7-8,10,19,25H,1,6,9,11-17H2,2-4H3/t19?,22-,23+,24?. The fraction of sp³-hybridized carbons (Fsp3) is 0.667. The molecule has 3 heteroatoms. The molecule has 0 heterocycles. The summed E-state index contributed by atoms with van der Waals surface area (Å²) in [6.07, 6.45) is 10.1. The van der Waals surface area contributed by atoms with E-state index in [1.807, 2.05) is 13.0 Å². The zero-order valence-corrected chi connectivity index (χ0v) is 17.3. The van der Waals surface area contributed by atoms with Crippen LogP contribution < -0.4 is 14.8 Å². The molecule has 2 unspecified atom stereocenters. The Hall–Kier alpha value is -1.48. The van der Waals surface area contributed by atoms with Crippen molar-refractivity contribution in [3.05, 3.63) is 36.4 Å². The number of hydrogen-bond acceptors (Lipinski definition) is 3. The normalized spacial score (nSPS) is 36.6. The number of rotatable bonds is 8. The Morgan fingerprint density at radius 3 is 2.44 bits per heavy atom. The molecular weight excluding hydrogens is 334 g/mol. The number of nitrogens with one attached hydrogen (secondary N) is 1. The van der Waals surface area contributed by atoms with Crippen molar-refractivity contribution < 1.29 is 9.47 Å². The second-order valence-electron chi connectivity index (χ2n) is 10.1. The molecule has 0 radical (unpaired) electrons. The first-order chi connectivity index (χ1) is 12.9. The third-order valence-electron chi connectivity index (χ3n) is 6.96. The highest BCUT2D eigenvalue weighted by molar-refractivity contribution is 5.43. The van der Waals surface area contributed by atoms with E-state index in [4.69, 9.17) is 9.47 Å². The zero-order chi connectivity index (χ0) is 19.1. The molecule has 4 aliphatic carbocycles. The minimum Gasteiger partial charge on any atom is -0.490 e. The van der Waals surface area contributed by atoms with E-state index in [1.165, 1.54) is 44.1 Å². The molecule has 0 amide bonds. The van der Waals surface area contributed by atoms with Crippen LogP contribution in [-0.2, 0) is 6.54 Å². The molecule has 4 saturated carbocycles. The molecule has 4 bridgehead atoms. The lowest BCUT2D eigenvalue weighted by molar-refractivity contribution is -0.118. The summed E-state index contributed by atoms with van der Waals surface area (Å²) in [6.45, 7) is 12.8. The Morgan fingerprint density at radius 1 is 1.07 bits per heavy atom. The molecule has 27 heavy (non-hydrogen) atoms. The summed E-state index contributed by atoms with van der Waals surface area (Å²) in [5.41, 5.74) is 2.68. The lowest BCUT2D eigenvalue weighted by atomic mass is 9.43. The van der Waals surface area contributed by atoms with Crippen LogP contribution in [0, 0.1) is 16.7 Å². The Balaban J connectivity index is 1.48. The summed E-state index contributed by atoms with van der Waals surface area (Å²) in [5.74, 6) is 2.55. The third-order valence-corrected chi connectivity index (χ3v) is 6.96. The van der Waals surface area contributed by atoms with Crippen LogP contribution in [0.4, 0.5) is 0 Å². The van der Waals surface area contributed by atoms with Gasteiger partial charge in [-0.25, -0.2) is 0 Å². The second kappa shape index (κ2) is 6.84. The second-order valence-corrected chi connectivity index (χ2v) is 10.1. The van der Waals surface area contributed by atoms with Crippen LogP contribution in [0.5, 0.6) is 11.5 Å². The van der Waals surface area contributed by atoms with Crippen LogP contribution in [0.3, 0.4) is 0 Å². The fourth-order valence-corrected chi connectivity index (χ4v) is 7.13. The highest BCUT2D eigenvalue weighted by Gasteiger charge is 2.59. The van der Waals surface area contributed by atoms with Crippen molar-refractivity contribution in [2.45, 2.75) is 71.4 Å². The molecule has 0 saturated heterocycles. The maximum Gasteiger partial charge on any atom is 0.161 e. The molecule has 3 nitrogen and oxygen atoms in total. The number of benzene rings is 1. The molecule has 0 aliphatic heterocycles. The molecular formula is C24H35NO2. The minimum atomic E-state index is 0.326. The molecule has 1 aromatic rings. The average Bonchev–Trinajstić information content (AvgIpc) is 2.56. The SMILES string of the molecule is C=CCOc1ccc(CNC23CC4C[C@@](C)(C2)C[C@](C)(C4)C3)cc1OCC. The Morgan fingerprint density at radius 2 is 1.81 bits per heavy atom. The van der Waals surface area contributed by atoms with E-state index in [9.17, 15) is 0 Å². The smallest absolute Gasteiger partial charge is 0.161 e. The van der Waals surface area contributed by atoms with Gasteiger partial charge in [-0.15, -0.1) is 0 Å². The van der Waals surface area contributed by atoms with Gasteiger partial charge in [-0.05, 0) is 79.9 Å². The summed E-state index contributed by atoms with van der Waals surface area (Å²) in [5, 5.41) is 4.01. The van der Waals surface area contributed by atoms with Gasteiger partial charge in [0.1, 0.15) is 6.61 Å². The first-order valence-electron chi connectivity index (χ1n) is 10.6. The van der Waals surface area contributed by atoms with E-state index in [0.29, 0.717) is 29.6 Å². The van der Waals surface area contributed by atoms with Crippen LogP contribution in [0.15, 0.2) is 30.9 Å². The summed E-state index contributed by atoms with van der Waals surface area (Å²) >= 11 is 0. The van der Waals surface area contributed by atoms with Crippen LogP contribution in [0.25, 0.3) is 0 Å². The predicted octanol–water partition coefficient (Wildman–Crippen LogP) is 5.49. The molecule has 1 aromatic carbocycles. The summed E-state index contributed by atoms with van der Waals surface area (Å²) < 4.78 is 11.6. The molecule has 148 valence electrons. The quantitative estimate of drug-likeness (QED) is 0.615. The lowest BCUT2D eigenvalue weighted by Gasteiger charge is -2.65. The van der Waals surface area contributed by atoms with Gasteiger partial charge in [-0.3, -0.25) is 0 Å². The molecule has 1 N–H and O–H groups in total. The zero-order valence-electron chi connectivity index (χ0n) is 17.3. The molecule has 4 aliphatic rings. The van der Waals surface area contributed by atoms with E-state index >= 15 is 0 Å². The Kier molecular flexibility index (Phi) is 4.78. The monoisotopic (exact) mass is 369 g/mol. The van der Waals surface area contributed by atoms with E-state index < -0.39 is 0 Å². The van der Waals surface area contributed by atoms with E-state index in [2.05, 4.69) is 37.9 Å². The maximum absolute atomic E-state index is 5.82. The van der Waals surface area contributed by atoms with Gasteiger partial charge < -0.3 is 14.8 Å². The molecule has 4 fully saturated rings. The molecule has 4 atom stereocenters. The number of hydrogen-bond donors (Lipinski definition) is 1. The first kappa shape index (κ1) is 18.9. The van der Waals surface area contributed by atoms with Crippen LogP contribution in [-0.4, -0.2) is 18.8 Å². The van der Waals surface area contributed by atoms with Gasteiger partial charge >= 0.3 is 0 Å². The van der Waals surface area contributed by atoms with Crippen molar-refractivity contribution in [2.75, 3.05) is 13.2 Å². The molecule has 0 aromatic heterocycles. The van der Waals surface area contributed by atoms with Crippen molar-refractivity contribution in [1.29, 1.82) is 0 Å². The highest BCUT2D eigenvalue weighted by Crippen LogP contribution is 2.66. The third kappa shape index (κ3) is 3.76. The van der Waals surface area contributed by atoms with E-state index in [0.717, 1.165) is 24.0 Å². The summed E-state index contributed by atoms with van der Waals surface area (Å²) in [4.78, 5) is 0. The van der Waals surface area contributed by atoms with E-state index in [-0.39, 0.29) is 0 Å². The predicted molar refractivity (Wildman–Crippen MR) is 110 cm³/mol. The Labute approximate surface area is 164 Å². The van der Waals surface area contributed by atoms with Crippen molar-refractivity contribution in [1.82, 2.24) is 5.32 Å². The van der Waals surface area contributed by atoms with Gasteiger partial charge in [-0.1, -0.05) is 32.6 Å². The van der Waals surface area contributed by atoms with Gasteiger partial charge in [0.2, 0.25) is 0 Å². The van der Waals surface area contributed by atoms with Crippen molar-refractivity contribution in [3.8, 4) is 11.5 Å². The van der Waals surface area contributed by atoms with E-state index in [1.54, 1.807) is 6.08 Å². The Bertz CT molecular complexity index is 694. The first-order valence-corrected chi connectivity index (χ1v) is 10.6. The highest BCUT2D eigenvalue weighted by atomic mass is 16.5. The van der Waals surface area contributed by atoms with Crippen LogP contribution in [0.2, 0.25) is 0 Å².